The maximum absolute atomic E-state index is 12.6. The molecule has 31 heavy (non-hydrogen) atoms. The fourth-order valence-corrected chi connectivity index (χ4v) is 3.51. The van der Waals surface area contributed by atoms with Crippen LogP contribution >= 0.6 is 11.8 Å². The second-order valence-corrected chi connectivity index (χ2v) is 7.97. The van der Waals surface area contributed by atoms with Gasteiger partial charge < -0.3 is 20.7 Å². The number of benzene rings is 2. The van der Waals surface area contributed by atoms with Gasteiger partial charge in [-0.25, -0.2) is 10.2 Å². The predicted octanol–water partition coefficient (Wildman–Crippen LogP) is 4.98. The van der Waals surface area contributed by atoms with Gasteiger partial charge in [-0.3, -0.25) is 0 Å². The fraction of sp³-hybridized carbons (Fsp3) is 0.333. The minimum Gasteiger partial charge on any atom is -0.482 e. The van der Waals surface area contributed by atoms with E-state index in [1.165, 1.54) is 12.1 Å². The number of aryl methyl sites for hydroxylation is 1. The van der Waals surface area contributed by atoms with Crippen LogP contribution in [0, 0.1) is 12.3 Å². The van der Waals surface area contributed by atoms with Gasteiger partial charge in [-0.2, -0.15) is 13.2 Å². The third-order valence-electron chi connectivity index (χ3n) is 4.31. The summed E-state index contributed by atoms with van der Waals surface area (Å²) in [6.07, 6.45) is -3.85. The Morgan fingerprint density at radius 3 is 2.48 bits per heavy atom. The molecule has 0 aliphatic rings. The van der Waals surface area contributed by atoms with Gasteiger partial charge in [0.2, 0.25) is 0 Å². The first-order valence-corrected chi connectivity index (χ1v) is 10.4. The molecule has 0 saturated carbocycles. The average molecular weight is 456 g/mol. The van der Waals surface area contributed by atoms with Crippen LogP contribution in [-0.2, 0) is 11.0 Å². The van der Waals surface area contributed by atoms with Crippen molar-refractivity contribution in [2.24, 2.45) is 0 Å². The predicted molar refractivity (Wildman–Crippen MR) is 115 cm³/mol. The Bertz CT molecular complexity index is 905. The lowest BCUT2D eigenvalue weighted by Gasteiger charge is -2.17. The number of halogens is 3. The van der Waals surface area contributed by atoms with Crippen LogP contribution in [0.5, 0.6) is 5.75 Å². The summed E-state index contributed by atoms with van der Waals surface area (Å²) in [5, 5.41) is 16.8. The first-order chi connectivity index (χ1) is 14.6. The highest BCUT2D eigenvalue weighted by Crippen LogP contribution is 2.30. The summed E-state index contributed by atoms with van der Waals surface area (Å²) in [6, 6.07) is 9.81. The summed E-state index contributed by atoms with van der Waals surface area (Å²) < 4.78 is 43.0. The van der Waals surface area contributed by atoms with Crippen molar-refractivity contribution in [1.82, 2.24) is 5.43 Å². The maximum Gasteiger partial charge on any atom is 0.416 e. The van der Waals surface area contributed by atoms with Crippen LogP contribution in [0.15, 0.2) is 47.4 Å². The number of aliphatic carboxylic acids is 1. The van der Waals surface area contributed by atoms with Gasteiger partial charge in [-0.15, -0.1) is 11.8 Å². The molecule has 4 N–H and O–H groups in total. The Hall–Kier alpha value is -2.72. The number of rotatable bonds is 11. The second-order valence-electron chi connectivity index (χ2n) is 6.80. The van der Waals surface area contributed by atoms with Crippen molar-refractivity contribution in [2.75, 3.05) is 17.8 Å². The molecule has 0 fully saturated rings. The number of carboxylic acid groups (broad SMARTS) is 1. The number of ether oxygens (including phenoxy) is 1. The molecule has 2 rings (SSSR count). The molecule has 6 nitrogen and oxygen atoms in total. The van der Waals surface area contributed by atoms with E-state index in [-0.39, 0.29) is 6.04 Å². The van der Waals surface area contributed by atoms with E-state index >= 15 is 0 Å². The monoisotopic (exact) mass is 455 g/mol. The van der Waals surface area contributed by atoms with Crippen molar-refractivity contribution in [2.45, 2.75) is 37.4 Å². The number of anilines is 1. The summed E-state index contributed by atoms with van der Waals surface area (Å²) >= 11 is 1.56. The lowest BCUT2D eigenvalue weighted by atomic mass is 10.1. The van der Waals surface area contributed by atoms with E-state index in [9.17, 15) is 18.0 Å². The third-order valence-corrected chi connectivity index (χ3v) is 5.30. The Labute approximate surface area is 182 Å². The van der Waals surface area contributed by atoms with Gasteiger partial charge in [0.25, 0.3) is 0 Å². The number of carbonyl (C=O) groups is 1. The zero-order valence-electron chi connectivity index (χ0n) is 17.0. The molecular formula is C21H24F3N3O3S. The highest BCUT2D eigenvalue weighted by Gasteiger charge is 2.29. The zero-order chi connectivity index (χ0) is 23.0. The number of nitrogens with one attached hydrogen (secondary N) is 3. The lowest BCUT2D eigenvalue weighted by molar-refractivity contribution is -0.139. The molecule has 1 atom stereocenters. The molecule has 0 saturated heterocycles. The summed E-state index contributed by atoms with van der Waals surface area (Å²) in [5.41, 5.74) is 6.78. The molecule has 2 aromatic rings. The third kappa shape index (κ3) is 8.14. The highest BCUT2D eigenvalue weighted by atomic mass is 32.2. The number of hydrazine groups is 1. The Morgan fingerprint density at radius 2 is 1.90 bits per heavy atom. The van der Waals surface area contributed by atoms with Gasteiger partial charge in [-0.05, 0) is 68.3 Å². The number of carboxylic acids is 1. The minimum absolute atomic E-state index is 0.309. The van der Waals surface area contributed by atoms with Crippen molar-refractivity contribution < 1.29 is 27.8 Å². The van der Waals surface area contributed by atoms with E-state index in [1.54, 1.807) is 24.8 Å². The molecule has 0 spiro atoms. The van der Waals surface area contributed by atoms with Crippen LogP contribution in [-0.4, -0.2) is 35.2 Å². The second kappa shape index (κ2) is 11.1. The normalized spacial score (nSPS) is 12.3. The summed E-state index contributed by atoms with van der Waals surface area (Å²) in [4.78, 5) is 11.6. The maximum atomic E-state index is 12.6. The Balaban J connectivity index is 1.75. The van der Waals surface area contributed by atoms with Crippen LogP contribution in [0.25, 0.3) is 0 Å². The quantitative estimate of drug-likeness (QED) is 0.217. The van der Waals surface area contributed by atoms with Gasteiger partial charge in [0.1, 0.15) is 5.75 Å². The first-order valence-electron chi connectivity index (χ1n) is 9.40. The summed E-state index contributed by atoms with van der Waals surface area (Å²) in [5.74, 6) is 0.151. The zero-order valence-corrected chi connectivity index (χ0v) is 17.9. The first kappa shape index (κ1) is 24.5. The van der Waals surface area contributed by atoms with Crippen LogP contribution in [0.4, 0.5) is 18.9 Å². The molecule has 10 heteroatoms. The van der Waals surface area contributed by atoms with Crippen molar-refractivity contribution in [3.8, 4) is 5.75 Å². The SMILES string of the molecule is Cc1cc(SCCC(=N)C(C)NNc2ccc(C(F)(F)F)cc2)ccc1OCC(=O)O. The van der Waals surface area contributed by atoms with E-state index in [4.69, 9.17) is 15.3 Å². The van der Waals surface area contributed by atoms with Gasteiger partial charge in [-0.1, -0.05) is 0 Å². The van der Waals surface area contributed by atoms with E-state index in [0.29, 0.717) is 29.3 Å². The average Bonchev–Trinajstić information content (AvgIpc) is 2.70. The fourth-order valence-electron chi connectivity index (χ4n) is 2.53. The smallest absolute Gasteiger partial charge is 0.416 e. The number of hydrogen-bond acceptors (Lipinski definition) is 6. The summed E-state index contributed by atoms with van der Waals surface area (Å²) in [6.45, 7) is 3.24. The highest BCUT2D eigenvalue weighted by molar-refractivity contribution is 7.99. The lowest BCUT2D eigenvalue weighted by Crippen LogP contribution is -2.37. The summed E-state index contributed by atoms with van der Waals surface area (Å²) in [7, 11) is 0. The van der Waals surface area contributed by atoms with Gasteiger partial charge in [0.05, 0.1) is 11.6 Å². The Kier molecular flexibility index (Phi) is 8.76. The van der Waals surface area contributed by atoms with E-state index in [0.717, 1.165) is 22.6 Å². The number of hydrogen-bond donors (Lipinski definition) is 4. The minimum atomic E-state index is -4.37. The molecule has 0 aliphatic carbocycles. The van der Waals surface area contributed by atoms with E-state index in [2.05, 4.69) is 10.9 Å². The van der Waals surface area contributed by atoms with Gasteiger partial charge in [0.15, 0.2) is 6.61 Å². The topological polar surface area (TPSA) is 94.4 Å². The van der Waals surface area contributed by atoms with Crippen LogP contribution < -0.4 is 15.6 Å². The van der Waals surface area contributed by atoms with Crippen LogP contribution in [0.3, 0.4) is 0 Å². The Morgan fingerprint density at radius 1 is 1.23 bits per heavy atom. The van der Waals surface area contributed by atoms with Crippen LogP contribution in [0.2, 0.25) is 0 Å². The van der Waals surface area contributed by atoms with E-state index in [1.807, 2.05) is 19.1 Å². The molecule has 0 aromatic heterocycles. The standard InChI is InChI=1S/C21H24F3N3O3S/c1-13-11-17(7-8-19(13)30-12-20(28)29)31-10-9-18(25)14(2)26-27-16-5-3-15(4-6-16)21(22,23)24/h3-8,11,14,25-27H,9-10,12H2,1-2H3,(H,28,29). The number of alkyl halides is 3. The molecule has 1 unspecified atom stereocenters. The molecular weight excluding hydrogens is 431 g/mol. The van der Waals surface area contributed by atoms with E-state index < -0.39 is 24.3 Å². The molecule has 0 heterocycles. The van der Waals surface area contributed by atoms with Gasteiger partial charge >= 0.3 is 12.1 Å². The number of thioether (sulfide) groups is 1. The largest absolute Gasteiger partial charge is 0.482 e. The molecule has 168 valence electrons. The molecule has 0 bridgehead atoms. The van der Waals surface area contributed by atoms with Crippen molar-refractivity contribution in [3.05, 3.63) is 53.6 Å². The van der Waals surface area contributed by atoms with Gasteiger partial charge in [0, 0.05) is 22.0 Å². The van der Waals surface area contributed by atoms with Crippen LogP contribution in [0.1, 0.15) is 24.5 Å². The van der Waals surface area contributed by atoms with Crippen molar-refractivity contribution in [3.63, 3.8) is 0 Å². The van der Waals surface area contributed by atoms with Crippen molar-refractivity contribution in [1.29, 1.82) is 5.41 Å². The molecule has 2 aromatic carbocycles. The molecule has 0 amide bonds. The molecule has 0 aliphatic heterocycles. The molecule has 0 radical (unpaired) electrons. The van der Waals surface area contributed by atoms with Crippen molar-refractivity contribution >= 4 is 29.1 Å².